The Labute approximate surface area is 119 Å². The Kier molecular flexibility index (Phi) is 3.82. The van der Waals surface area contributed by atoms with Crippen molar-refractivity contribution in [3.8, 4) is 5.75 Å². The first kappa shape index (κ1) is 15.2. The molecule has 0 heterocycles. The smallest absolute Gasteiger partial charge is 0.327 e. The molecule has 7 nitrogen and oxygen atoms in total. The molecule has 3 N–H and O–H groups in total. The highest BCUT2D eigenvalue weighted by Gasteiger charge is 2.49. The van der Waals surface area contributed by atoms with E-state index < -0.39 is 22.2 Å². The molecule has 1 fully saturated rings. The molecule has 1 aliphatic rings. The average molecular weight is 298 g/mol. The second-order valence-electron chi connectivity index (χ2n) is 5.23. The number of carboxylic acids is 1. The van der Waals surface area contributed by atoms with Gasteiger partial charge in [-0.25, -0.2) is 4.39 Å². The van der Waals surface area contributed by atoms with Gasteiger partial charge in [-0.2, -0.15) is 0 Å². The summed E-state index contributed by atoms with van der Waals surface area (Å²) >= 11 is 0. The van der Waals surface area contributed by atoms with Crippen LogP contribution >= 0.6 is 0 Å². The van der Waals surface area contributed by atoms with Gasteiger partial charge in [0, 0.05) is 5.56 Å². The second kappa shape index (κ2) is 5.28. The zero-order valence-corrected chi connectivity index (χ0v) is 11.3. The van der Waals surface area contributed by atoms with Gasteiger partial charge in [0.15, 0.2) is 17.1 Å². The molecule has 114 valence electrons. The molecule has 1 aromatic rings. The summed E-state index contributed by atoms with van der Waals surface area (Å²) in [7, 11) is 0. The SMILES string of the molecule is Cc1cc(OCC(N)(C(=O)O)C2CC2)c(F)cc1[N+](=O)[O-]. The molecular weight excluding hydrogens is 283 g/mol. The lowest BCUT2D eigenvalue weighted by Crippen LogP contribution is -2.54. The van der Waals surface area contributed by atoms with Gasteiger partial charge in [0.05, 0.1) is 11.0 Å². The maximum absolute atomic E-state index is 13.8. The summed E-state index contributed by atoms with van der Waals surface area (Å²) in [6.45, 7) is 1.05. The maximum Gasteiger partial charge on any atom is 0.327 e. The van der Waals surface area contributed by atoms with E-state index in [4.69, 9.17) is 10.5 Å². The Balaban J connectivity index is 2.18. The number of halogens is 1. The second-order valence-corrected chi connectivity index (χ2v) is 5.23. The van der Waals surface area contributed by atoms with E-state index in [1.165, 1.54) is 13.0 Å². The minimum absolute atomic E-state index is 0.197. The van der Waals surface area contributed by atoms with Crippen LogP contribution < -0.4 is 10.5 Å². The third-order valence-corrected chi connectivity index (χ3v) is 3.62. The molecule has 0 aromatic heterocycles. The zero-order valence-electron chi connectivity index (χ0n) is 11.3. The topological polar surface area (TPSA) is 116 Å². The normalized spacial score (nSPS) is 17.1. The summed E-state index contributed by atoms with van der Waals surface area (Å²) in [4.78, 5) is 21.2. The van der Waals surface area contributed by atoms with E-state index in [9.17, 15) is 24.4 Å². The van der Waals surface area contributed by atoms with E-state index in [2.05, 4.69) is 0 Å². The van der Waals surface area contributed by atoms with Gasteiger partial charge >= 0.3 is 5.97 Å². The predicted molar refractivity (Wildman–Crippen MR) is 70.6 cm³/mol. The molecule has 1 atom stereocenters. The largest absolute Gasteiger partial charge is 0.488 e. The quantitative estimate of drug-likeness (QED) is 0.609. The summed E-state index contributed by atoms with van der Waals surface area (Å²) in [5.41, 5.74) is 4.10. The summed E-state index contributed by atoms with van der Waals surface area (Å²) in [6.07, 6.45) is 1.38. The highest BCUT2D eigenvalue weighted by atomic mass is 19.1. The Morgan fingerprint density at radius 3 is 2.71 bits per heavy atom. The number of carbonyl (C=O) groups is 1. The van der Waals surface area contributed by atoms with Crippen LogP contribution in [-0.4, -0.2) is 28.1 Å². The van der Waals surface area contributed by atoms with Crippen LogP contribution in [0.3, 0.4) is 0 Å². The van der Waals surface area contributed by atoms with Gasteiger partial charge < -0.3 is 15.6 Å². The number of nitro groups is 1. The molecule has 21 heavy (non-hydrogen) atoms. The van der Waals surface area contributed by atoms with Gasteiger partial charge in [0.2, 0.25) is 0 Å². The molecule has 8 heteroatoms. The number of hydrogen-bond donors (Lipinski definition) is 2. The van der Waals surface area contributed by atoms with Crippen molar-refractivity contribution in [1.82, 2.24) is 0 Å². The molecule has 0 aliphatic heterocycles. The molecule has 0 bridgehead atoms. The van der Waals surface area contributed by atoms with E-state index >= 15 is 0 Å². The molecule has 0 amide bonds. The highest BCUT2D eigenvalue weighted by Crippen LogP contribution is 2.39. The fourth-order valence-electron chi connectivity index (χ4n) is 2.10. The molecule has 0 radical (unpaired) electrons. The maximum atomic E-state index is 13.8. The summed E-state index contributed by atoms with van der Waals surface area (Å²) in [5, 5.41) is 19.9. The number of nitrogens with zero attached hydrogens (tertiary/aromatic N) is 1. The van der Waals surface area contributed by atoms with Crippen molar-refractivity contribution in [3.05, 3.63) is 33.6 Å². The standard InChI is InChI=1S/C13H15FN2O5/c1-7-4-11(9(14)5-10(7)16(19)20)21-6-13(15,12(17)18)8-2-3-8/h4-5,8H,2-3,6,15H2,1H3,(H,17,18). The van der Waals surface area contributed by atoms with Crippen LogP contribution in [-0.2, 0) is 4.79 Å². The van der Waals surface area contributed by atoms with Crippen LogP contribution in [0.4, 0.5) is 10.1 Å². The van der Waals surface area contributed by atoms with Crippen molar-refractivity contribution < 1.29 is 24.0 Å². The van der Waals surface area contributed by atoms with Crippen molar-refractivity contribution in [3.63, 3.8) is 0 Å². The number of carboxylic acid groups (broad SMARTS) is 1. The molecule has 0 saturated heterocycles. The van der Waals surface area contributed by atoms with Gasteiger partial charge in [0.25, 0.3) is 5.69 Å². The number of hydrogen-bond acceptors (Lipinski definition) is 5. The summed E-state index contributed by atoms with van der Waals surface area (Å²) in [6, 6.07) is 1.92. The number of rotatable bonds is 6. The lowest BCUT2D eigenvalue weighted by Gasteiger charge is -2.24. The average Bonchev–Trinajstić information content (AvgIpc) is 3.23. The van der Waals surface area contributed by atoms with E-state index in [1.54, 1.807) is 0 Å². The number of ether oxygens (including phenoxy) is 1. The minimum atomic E-state index is -1.57. The zero-order chi connectivity index (χ0) is 15.8. The number of nitro benzene ring substituents is 1. The lowest BCUT2D eigenvalue weighted by atomic mass is 9.96. The van der Waals surface area contributed by atoms with E-state index in [-0.39, 0.29) is 29.5 Å². The number of aryl methyl sites for hydroxylation is 1. The fourth-order valence-corrected chi connectivity index (χ4v) is 2.10. The Hall–Kier alpha value is -2.22. The van der Waals surface area contributed by atoms with Gasteiger partial charge in [-0.1, -0.05) is 0 Å². The highest BCUT2D eigenvalue weighted by molar-refractivity contribution is 5.79. The minimum Gasteiger partial charge on any atom is -0.488 e. The van der Waals surface area contributed by atoms with Crippen LogP contribution in [0.15, 0.2) is 12.1 Å². The van der Waals surface area contributed by atoms with Gasteiger partial charge in [-0.05, 0) is 31.7 Å². The van der Waals surface area contributed by atoms with Gasteiger partial charge in [-0.3, -0.25) is 14.9 Å². The number of benzene rings is 1. The van der Waals surface area contributed by atoms with E-state index in [1.807, 2.05) is 0 Å². The first-order valence-electron chi connectivity index (χ1n) is 6.35. The third kappa shape index (κ3) is 2.94. The van der Waals surface area contributed by atoms with Crippen molar-refractivity contribution in [2.75, 3.05) is 6.61 Å². The third-order valence-electron chi connectivity index (χ3n) is 3.62. The lowest BCUT2D eigenvalue weighted by molar-refractivity contribution is -0.385. The van der Waals surface area contributed by atoms with Crippen molar-refractivity contribution >= 4 is 11.7 Å². The molecule has 1 aromatic carbocycles. The first-order valence-corrected chi connectivity index (χ1v) is 6.35. The summed E-state index contributed by atoms with van der Waals surface area (Å²) < 4.78 is 18.9. The molecule has 1 unspecified atom stereocenters. The van der Waals surface area contributed by atoms with Gasteiger partial charge in [-0.15, -0.1) is 0 Å². The van der Waals surface area contributed by atoms with E-state index in [0.717, 1.165) is 6.07 Å². The molecule has 2 rings (SSSR count). The molecule has 1 saturated carbocycles. The van der Waals surface area contributed by atoms with E-state index in [0.29, 0.717) is 12.8 Å². The number of nitrogens with two attached hydrogens (primary N) is 1. The number of aliphatic carboxylic acids is 1. The predicted octanol–water partition coefficient (Wildman–Crippen LogP) is 1.61. The molecular formula is C13H15FN2O5. The van der Waals surface area contributed by atoms with Crippen LogP contribution in [0.2, 0.25) is 0 Å². The monoisotopic (exact) mass is 298 g/mol. The van der Waals surface area contributed by atoms with Crippen molar-refractivity contribution in [2.45, 2.75) is 25.3 Å². The molecule has 0 spiro atoms. The van der Waals surface area contributed by atoms with Gasteiger partial charge in [0.1, 0.15) is 6.61 Å². The van der Waals surface area contributed by atoms with Crippen LogP contribution in [0.1, 0.15) is 18.4 Å². The summed E-state index contributed by atoms with van der Waals surface area (Å²) in [5.74, 6) is -2.56. The van der Waals surface area contributed by atoms with Crippen molar-refractivity contribution in [1.29, 1.82) is 0 Å². The fraction of sp³-hybridized carbons (Fsp3) is 0.462. The molecule has 1 aliphatic carbocycles. The van der Waals surface area contributed by atoms with Crippen LogP contribution in [0, 0.1) is 28.8 Å². The van der Waals surface area contributed by atoms with Crippen LogP contribution in [0.5, 0.6) is 5.75 Å². The van der Waals surface area contributed by atoms with Crippen molar-refractivity contribution in [2.24, 2.45) is 11.7 Å². The Morgan fingerprint density at radius 1 is 1.62 bits per heavy atom. The first-order chi connectivity index (χ1) is 9.75. The Morgan fingerprint density at radius 2 is 2.24 bits per heavy atom. The van der Waals surface area contributed by atoms with Crippen LogP contribution in [0.25, 0.3) is 0 Å². The Bertz CT molecular complexity index is 602.